The molecule has 0 saturated heterocycles. The van der Waals surface area contributed by atoms with Gasteiger partial charge < -0.3 is 10.4 Å². The molecule has 2 atom stereocenters. The van der Waals surface area contributed by atoms with Crippen LogP contribution in [0.5, 0.6) is 5.75 Å². The molecule has 0 aromatic heterocycles. The van der Waals surface area contributed by atoms with E-state index in [2.05, 4.69) is 5.32 Å². The van der Waals surface area contributed by atoms with Crippen molar-refractivity contribution >= 4 is 29.1 Å². The highest BCUT2D eigenvalue weighted by atomic mass is 35.5. The fourth-order valence-corrected chi connectivity index (χ4v) is 3.32. The van der Waals surface area contributed by atoms with E-state index in [0.29, 0.717) is 29.8 Å². The molecule has 1 amide bonds. The number of nitrogens with one attached hydrogen (secondary N) is 1. The number of benzene rings is 1. The fraction of sp³-hybridized carbons (Fsp3) is 0.533. The topological polar surface area (TPSA) is 49.3 Å². The first-order valence-electron chi connectivity index (χ1n) is 6.94. The quantitative estimate of drug-likeness (QED) is 0.830. The second-order valence-corrected chi connectivity index (χ2v) is 6.05. The minimum absolute atomic E-state index is 0.0160. The summed E-state index contributed by atoms with van der Waals surface area (Å²) in [6.07, 6.45) is 4.71. The van der Waals surface area contributed by atoms with Gasteiger partial charge in [0, 0.05) is 18.0 Å². The third kappa shape index (κ3) is 3.80. The number of phenolic OH excluding ortho intramolecular Hbond substituents is 1. The van der Waals surface area contributed by atoms with Crippen molar-refractivity contribution in [2.24, 2.45) is 11.8 Å². The molecule has 0 spiro atoms. The molecule has 5 heteroatoms. The largest absolute Gasteiger partial charge is 0.506 e. The molecule has 1 aliphatic carbocycles. The summed E-state index contributed by atoms with van der Waals surface area (Å²) in [5.74, 6) is 1.43. The van der Waals surface area contributed by atoms with Gasteiger partial charge in [0.1, 0.15) is 5.75 Å². The van der Waals surface area contributed by atoms with Gasteiger partial charge in [-0.25, -0.2) is 0 Å². The van der Waals surface area contributed by atoms with E-state index >= 15 is 0 Å². The van der Waals surface area contributed by atoms with Gasteiger partial charge in [0.05, 0.1) is 5.02 Å². The summed E-state index contributed by atoms with van der Waals surface area (Å²) in [4.78, 5) is 12.1. The van der Waals surface area contributed by atoms with Crippen molar-refractivity contribution in [1.82, 2.24) is 5.32 Å². The van der Waals surface area contributed by atoms with Gasteiger partial charge in [0.2, 0.25) is 0 Å². The van der Waals surface area contributed by atoms with Gasteiger partial charge in [0.15, 0.2) is 0 Å². The molecule has 1 saturated carbocycles. The lowest BCUT2D eigenvalue weighted by atomic mass is 9.80. The molecule has 0 heterocycles. The van der Waals surface area contributed by atoms with E-state index in [1.807, 2.05) is 0 Å². The van der Waals surface area contributed by atoms with Gasteiger partial charge in [-0.2, -0.15) is 0 Å². The van der Waals surface area contributed by atoms with Crippen molar-refractivity contribution in [3.8, 4) is 5.75 Å². The Bertz CT molecular complexity index is 479. The summed E-state index contributed by atoms with van der Waals surface area (Å²) in [7, 11) is 0. The van der Waals surface area contributed by atoms with E-state index in [4.69, 9.17) is 23.2 Å². The first-order chi connectivity index (χ1) is 9.61. The monoisotopic (exact) mass is 315 g/mol. The molecule has 20 heavy (non-hydrogen) atoms. The van der Waals surface area contributed by atoms with Crippen molar-refractivity contribution in [2.75, 3.05) is 12.4 Å². The maximum Gasteiger partial charge on any atom is 0.251 e. The number of halogens is 2. The first-order valence-corrected chi connectivity index (χ1v) is 7.85. The van der Waals surface area contributed by atoms with Gasteiger partial charge in [-0.3, -0.25) is 4.79 Å². The van der Waals surface area contributed by atoms with Crippen molar-refractivity contribution in [3.05, 3.63) is 28.8 Å². The number of aromatic hydroxyl groups is 1. The smallest absolute Gasteiger partial charge is 0.251 e. The molecule has 1 aliphatic rings. The Labute approximate surface area is 129 Å². The lowest BCUT2D eigenvalue weighted by Crippen LogP contribution is -2.34. The standard InChI is InChI=1S/C15H19Cl2NO2/c16-8-11-3-1-2-4-12(11)9-18-15(20)10-5-6-14(19)13(17)7-10/h5-7,11-12,19H,1-4,8-9H2,(H,18,20). The third-order valence-electron chi connectivity index (χ3n) is 4.00. The fourth-order valence-electron chi connectivity index (χ4n) is 2.73. The summed E-state index contributed by atoms with van der Waals surface area (Å²) >= 11 is 11.8. The Morgan fingerprint density at radius 3 is 2.65 bits per heavy atom. The molecule has 1 aromatic rings. The molecule has 2 unspecified atom stereocenters. The zero-order valence-corrected chi connectivity index (χ0v) is 12.8. The zero-order chi connectivity index (χ0) is 14.5. The number of alkyl halides is 1. The summed E-state index contributed by atoms with van der Waals surface area (Å²) < 4.78 is 0. The summed E-state index contributed by atoms with van der Waals surface area (Å²) in [5, 5.41) is 12.5. The van der Waals surface area contributed by atoms with Crippen LogP contribution in [-0.4, -0.2) is 23.4 Å². The highest BCUT2D eigenvalue weighted by Crippen LogP contribution is 2.30. The Balaban J connectivity index is 1.92. The van der Waals surface area contributed by atoms with Crippen LogP contribution in [0.15, 0.2) is 18.2 Å². The summed E-state index contributed by atoms with van der Waals surface area (Å²) in [5.41, 5.74) is 0.464. The van der Waals surface area contributed by atoms with Crippen molar-refractivity contribution in [3.63, 3.8) is 0 Å². The predicted molar refractivity (Wildman–Crippen MR) is 81.6 cm³/mol. The van der Waals surface area contributed by atoms with Crippen molar-refractivity contribution in [2.45, 2.75) is 25.7 Å². The minimum atomic E-state index is -0.161. The predicted octanol–water partition coefficient (Wildman–Crippen LogP) is 3.82. The van der Waals surface area contributed by atoms with Gasteiger partial charge in [-0.05, 0) is 42.9 Å². The van der Waals surface area contributed by atoms with E-state index in [1.54, 1.807) is 6.07 Å². The van der Waals surface area contributed by atoms with E-state index < -0.39 is 0 Å². The molecule has 0 radical (unpaired) electrons. The van der Waals surface area contributed by atoms with Crippen molar-refractivity contribution in [1.29, 1.82) is 0 Å². The van der Waals surface area contributed by atoms with E-state index in [1.165, 1.54) is 25.0 Å². The van der Waals surface area contributed by atoms with Gasteiger partial charge in [-0.1, -0.05) is 24.4 Å². The molecule has 2 rings (SSSR count). The maximum atomic E-state index is 12.1. The highest BCUT2D eigenvalue weighted by Gasteiger charge is 2.24. The van der Waals surface area contributed by atoms with Crippen LogP contribution in [-0.2, 0) is 0 Å². The molecule has 0 aliphatic heterocycles. The Morgan fingerprint density at radius 1 is 1.30 bits per heavy atom. The minimum Gasteiger partial charge on any atom is -0.506 e. The lowest BCUT2D eigenvalue weighted by molar-refractivity contribution is 0.0936. The number of hydrogen-bond acceptors (Lipinski definition) is 2. The number of carbonyl (C=O) groups excluding carboxylic acids is 1. The van der Waals surface area contributed by atoms with Crippen LogP contribution >= 0.6 is 23.2 Å². The lowest BCUT2D eigenvalue weighted by Gasteiger charge is -2.30. The molecule has 1 aromatic carbocycles. The third-order valence-corrected chi connectivity index (χ3v) is 4.70. The van der Waals surface area contributed by atoms with E-state index in [-0.39, 0.29) is 16.7 Å². The Hall–Kier alpha value is -0.930. The highest BCUT2D eigenvalue weighted by molar-refractivity contribution is 6.32. The molecular formula is C15H19Cl2NO2. The van der Waals surface area contributed by atoms with Crippen LogP contribution in [0.4, 0.5) is 0 Å². The van der Waals surface area contributed by atoms with Gasteiger partial charge in [0.25, 0.3) is 5.91 Å². The van der Waals surface area contributed by atoms with Crippen LogP contribution in [0.2, 0.25) is 5.02 Å². The Morgan fingerprint density at radius 2 is 2.00 bits per heavy atom. The van der Waals surface area contributed by atoms with Crippen LogP contribution in [0.25, 0.3) is 0 Å². The maximum absolute atomic E-state index is 12.1. The van der Waals surface area contributed by atoms with E-state index in [9.17, 15) is 9.90 Å². The summed E-state index contributed by atoms with van der Waals surface area (Å²) in [6, 6.07) is 4.47. The summed E-state index contributed by atoms with van der Waals surface area (Å²) in [6.45, 7) is 0.648. The van der Waals surface area contributed by atoms with Gasteiger partial charge >= 0.3 is 0 Å². The van der Waals surface area contributed by atoms with Crippen molar-refractivity contribution < 1.29 is 9.90 Å². The van der Waals surface area contributed by atoms with E-state index in [0.717, 1.165) is 12.8 Å². The van der Waals surface area contributed by atoms with Crippen LogP contribution in [0.3, 0.4) is 0 Å². The molecule has 1 fully saturated rings. The van der Waals surface area contributed by atoms with Crippen LogP contribution < -0.4 is 5.32 Å². The Kier molecular flexibility index (Phi) is 5.55. The molecular weight excluding hydrogens is 297 g/mol. The number of hydrogen-bond donors (Lipinski definition) is 2. The second-order valence-electron chi connectivity index (χ2n) is 5.34. The molecule has 0 bridgehead atoms. The normalized spacial score (nSPS) is 22.5. The first kappa shape index (κ1) is 15.5. The average molecular weight is 316 g/mol. The average Bonchev–Trinajstić information content (AvgIpc) is 2.47. The molecule has 110 valence electrons. The number of phenols is 1. The molecule has 2 N–H and O–H groups in total. The number of amides is 1. The van der Waals surface area contributed by atoms with Gasteiger partial charge in [-0.15, -0.1) is 11.6 Å². The van der Waals surface area contributed by atoms with Crippen LogP contribution in [0, 0.1) is 11.8 Å². The number of carbonyl (C=O) groups is 1. The SMILES string of the molecule is O=C(NCC1CCCCC1CCl)c1ccc(O)c(Cl)c1. The van der Waals surface area contributed by atoms with Crippen LogP contribution in [0.1, 0.15) is 36.0 Å². The number of rotatable bonds is 4. The zero-order valence-electron chi connectivity index (χ0n) is 11.2. The second kappa shape index (κ2) is 7.19. The molecule has 3 nitrogen and oxygen atoms in total.